The van der Waals surface area contributed by atoms with Crippen molar-refractivity contribution in [2.24, 2.45) is 17.8 Å². The Bertz CT molecular complexity index is 1120. The van der Waals surface area contributed by atoms with Gasteiger partial charge in [-0.15, -0.1) is 0 Å². The van der Waals surface area contributed by atoms with Gasteiger partial charge in [-0.2, -0.15) is 0 Å². The predicted molar refractivity (Wildman–Crippen MR) is 156 cm³/mol. The fourth-order valence-electron chi connectivity index (χ4n) is 5.22. The molecule has 5 rings (SSSR count). The highest BCUT2D eigenvalue weighted by molar-refractivity contribution is 5.83. The largest absolute Gasteiger partial charge is 0.337 e. The molecule has 0 radical (unpaired) electrons. The number of H-pyrrole nitrogens is 1. The zero-order valence-electron chi connectivity index (χ0n) is 23.3. The Balaban J connectivity index is 0.000000193. The van der Waals surface area contributed by atoms with Gasteiger partial charge in [0.25, 0.3) is 0 Å². The zero-order valence-corrected chi connectivity index (χ0v) is 23.3. The van der Waals surface area contributed by atoms with E-state index in [0.717, 1.165) is 34.9 Å². The van der Waals surface area contributed by atoms with Crippen LogP contribution in [0.25, 0.3) is 22.4 Å². The normalized spacial score (nSPS) is 22.7. The van der Waals surface area contributed by atoms with Crippen molar-refractivity contribution in [3.63, 3.8) is 0 Å². The van der Waals surface area contributed by atoms with Gasteiger partial charge < -0.3 is 20.9 Å². The molecule has 0 aliphatic heterocycles. The Morgan fingerprint density at radius 2 is 1.45 bits per heavy atom. The van der Waals surface area contributed by atoms with Crippen molar-refractivity contribution in [2.45, 2.75) is 78.2 Å². The van der Waals surface area contributed by atoms with Gasteiger partial charge in [0.15, 0.2) is 0 Å². The summed E-state index contributed by atoms with van der Waals surface area (Å²) in [6.07, 6.45) is 14.4. The minimum Gasteiger partial charge on any atom is -0.337 e. The lowest BCUT2D eigenvalue weighted by Crippen LogP contribution is -2.34. The standard InChI is InChI=1S/C14H11N5O2.C8H17N.C8H16/c20-7-16-10-3-1-9(2-4-10)14-18-11-5-13(17-8-21)15-6-12(11)19-14;1-7-5-3-4-6-8(7)9-2;1-7-5-3-4-6-8(7)2/h1-8H,(H,16,20)(H,18,19)(H,15,17,21);7-9H,3-6H2,1-2H3;7-8H,3-6H2,1-2H3. The minimum atomic E-state index is 0.445. The Morgan fingerprint density at radius 1 is 0.842 bits per heavy atom. The van der Waals surface area contributed by atoms with E-state index in [4.69, 9.17) is 0 Å². The van der Waals surface area contributed by atoms with Crippen molar-refractivity contribution < 1.29 is 9.59 Å². The average molecular weight is 521 g/mol. The average Bonchev–Trinajstić information content (AvgIpc) is 3.36. The third-order valence-corrected chi connectivity index (χ3v) is 7.98. The first-order chi connectivity index (χ1) is 18.4. The summed E-state index contributed by atoms with van der Waals surface area (Å²) in [6.45, 7) is 7.11. The quantitative estimate of drug-likeness (QED) is 0.282. The Morgan fingerprint density at radius 3 is 1.97 bits per heavy atom. The third-order valence-electron chi connectivity index (χ3n) is 7.98. The van der Waals surface area contributed by atoms with Crippen LogP contribution >= 0.6 is 0 Å². The fraction of sp³-hybridized carbons (Fsp3) is 0.533. The van der Waals surface area contributed by atoms with Crippen LogP contribution in [0.5, 0.6) is 0 Å². The molecule has 2 heterocycles. The lowest BCUT2D eigenvalue weighted by Gasteiger charge is -2.27. The summed E-state index contributed by atoms with van der Waals surface area (Å²) in [5, 5.41) is 8.41. The smallest absolute Gasteiger partial charge is 0.212 e. The first kappa shape index (κ1) is 29.3. The molecule has 206 valence electrons. The van der Waals surface area contributed by atoms with Crippen LogP contribution in [0.1, 0.15) is 72.1 Å². The van der Waals surface area contributed by atoms with E-state index in [-0.39, 0.29) is 0 Å². The number of benzene rings is 1. The van der Waals surface area contributed by atoms with E-state index < -0.39 is 0 Å². The fourth-order valence-corrected chi connectivity index (χ4v) is 5.22. The maximum Gasteiger partial charge on any atom is 0.212 e. The summed E-state index contributed by atoms with van der Waals surface area (Å²) < 4.78 is 0. The zero-order chi connectivity index (χ0) is 27.3. The van der Waals surface area contributed by atoms with Gasteiger partial charge in [-0.3, -0.25) is 9.59 Å². The van der Waals surface area contributed by atoms with Gasteiger partial charge in [0.05, 0.1) is 17.2 Å². The molecule has 0 bridgehead atoms. The number of aromatic nitrogens is 3. The first-order valence-electron chi connectivity index (χ1n) is 14.0. The van der Waals surface area contributed by atoms with Crippen LogP contribution in [0.2, 0.25) is 0 Å². The third kappa shape index (κ3) is 8.65. The number of hydrogen-bond acceptors (Lipinski definition) is 5. The molecule has 3 aromatic rings. The highest BCUT2D eigenvalue weighted by atomic mass is 16.1. The van der Waals surface area contributed by atoms with Gasteiger partial charge in [-0.05, 0) is 61.9 Å². The molecule has 1 aromatic carbocycles. The van der Waals surface area contributed by atoms with Crippen molar-refractivity contribution in [3.05, 3.63) is 36.5 Å². The van der Waals surface area contributed by atoms with Gasteiger partial charge in [-0.25, -0.2) is 9.97 Å². The number of fused-ring (bicyclic) bond motifs is 1. The number of amides is 2. The summed E-state index contributed by atoms with van der Waals surface area (Å²) in [7, 11) is 2.08. The summed E-state index contributed by atoms with van der Waals surface area (Å²) >= 11 is 0. The molecule has 8 heteroatoms. The number of rotatable bonds is 6. The van der Waals surface area contributed by atoms with Crippen LogP contribution in [0.3, 0.4) is 0 Å². The van der Waals surface area contributed by atoms with Crippen LogP contribution in [0, 0.1) is 17.8 Å². The molecule has 2 fully saturated rings. The van der Waals surface area contributed by atoms with Crippen molar-refractivity contribution >= 4 is 35.4 Å². The molecule has 0 spiro atoms. The van der Waals surface area contributed by atoms with Gasteiger partial charge in [0.1, 0.15) is 11.6 Å². The summed E-state index contributed by atoms with van der Waals surface area (Å²) in [6, 6.07) is 9.76. The second-order valence-corrected chi connectivity index (χ2v) is 10.7. The summed E-state index contributed by atoms with van der Waals surface area (Å²) in [5.74, 6) is 4.05. The van der Waals surface area contributed by atoms with Crippen LogP contribution < -0.4 is 16.0 Å². The van der Waals surface area contributed by atoms with Crippen LogP contribution in [-0.2, 0) is 9.59 Å². The monoisotopic (exact) mass is 520 g/mol. The Kier molecular flexibility index (Phi) is 11.7. The molecule has 2 amide bonds. The molecule has 2 aliphatic rings. The topological polar surface area (TPSA) is 112 Å². The maximum atomic E-state index is 10.4. The molecule has 4 atom stereocenters. The van der Waals surface area contributed by atoms with E-state index in [2.05, 4.69) is 58.7 Å². The van der Waals surface area contributed by atoms with Crippen LogP contribution in [-0.4, -0.2) is 40.9 Å². The molecule has 2 aromatic heterocycles. The molecule has 2 aliphatic carbocycles. The molecule has 8 nitrogen and oxygen atoms in total. The summed E-state index contributed by atoms with van der Waals surface area (Å²) in [5.41, 5.74) is 3.08. The highest BCUT2D eigenvalue weighted by Gasteiger charge is 2.18. The van der Waals surface area contributed by atoms with E-state index in [9.17, 15) is 9.59 Å². The molecule has 0 saturated heterocycles. The van der Waals surface area contributed by atoms with E-state index in [1.165, 1.54) is 51.4 Å². The number of pyridine rings is 1. The van der Waals surface area contributed by atoms with E-state index in [1.54, 1.807) is 24.4 Å². The molecule has 2 saturated carbocycles. The number of carbonyl (C=O) groups excluding carboxylic acids is 2. The van der Waals surface area contributed by atoms with Gasteiger partial charge in [0.2, 0.25) is 12.8 Å². The molecule has 4 N–H and O–H groups in total. The molecule has 38 heavy (non-hydrogen) atoms. The second-order valence-electron chi connectivity index (χ2n) is 10.7. The SMILES string of the molecule is CC1CCCCC1C.CNC1CCCCC1C.O=CNc1ccc(-c2nc3cc(NC=O)ncc3[nH]2)cc1. The molecule has 4 unspecified atom stereocenters. The van der Waals surface area contributed by atoms with Crippen LogP contribution in [0.4, 0.5) is 11.5 Å². The lowest BCUT2D eigenvalue weighted by molar-refractivity contribution is -0.106. The van der Waals surface area contributed by atoms with Gasteiger partial charge in [-0.1, -0.05) is 59.3 Å². The number of nitrogens with zero attached hydrogens (tertiary/aromatic N) is 2. The van der Waals surface area contributed by atoms with Crippen molar-refractivity contribution in [3.8, 4) is 11.4 Å². The van der Waals surface area contributed by atoms with E-state index in [0.29, 0.717) is 35.7 Å². The number of hydrogen-bond donors (Lipinski definition) is 4. The lowest BCUT2D eigenvalue weighted by atomic mass is 9.82. The first-order valence-corrected chi connectivity index (χ1v) is 14.0. The van der Waals surface area contributed by atoms with Crippen molar-refractivity contribution in [1.82, 2.24) is 20.3 Å². The number of anilines is 2. The van der Waals surface area contributed by atoms with Crippen LogP contribution in [0.15, 0.2) is 36.5 Å². The van der Waals surface area contributed by atoms with Crippen molar-refractivity contribution in [2.75, 3.05) is 17.7 Å². The Hall–Kier alpha value is -3.26. The highest BCUT2D eigenvalue weighted by Crippen LogP contribution is 2.28. The van der Waals surface area contributed by atoms with Crippen molar-refractivity contribution in [1.29, 1.82) is 0 Å². The molecular weight excluding hydrogens is 476 g/mol. The number of nitrogens with one attached hydrogen (secondary N) is 4. The second kappa shape index (κ2) is 15.2. The number of imidazole rings is 1. The Labute approximate surface area is 226 Å². The minimum absolute atomic E-state index is 0.445. The van der Waals surface area contributed by atoms with E-state index in [1.807, 2.05) is 12.1 Å². The van der Waals surface area contributed by atoms with E-state index >= 15 is 0 Å². The molecular formula is C30H44N6O2. The summed E-state index contributed by atoms with van der Waals surface area (Å²) in [4.78, 5) is 32.5. The van der Waals surface area contributed by atoms with Gasteiger partial charge >= 0.3 is 0 Å². The maximum absolute atomic E-state index is 10.4. The number of carbonyl (C=O) groups is 2. The van der Waals surface area contributed by atoms with Gasteiger partial charge in [0, 0.05) is 23.4 Å². The number of aromatic amines is 1. The predicted octanol–water partition coefficient (Wildman–Crippen LogP) is 6.38.